The lowest BCUT2D eigenvalue weighted by atomic mass is 9.68. The SMILES string of the molecule is CC(=O)N1C2CCC(C3CCCC(N4CCCS4(=O)=O)C3)CC2N(C(=O)C2CC2)C[C@@H]1C. The van der Waals surface area contributed by atoms with Crippen molar-refractivity contribution in [2.75, 3.05) is 18.8 Å². The second kappa shape index (κ2) is 8.57. The average Bonchev–Trinajstić information content (AvgIpc) is 3.54. The summed E-state index contributed by atoms with van der Waals surface area (Å²) in [5.41, 5.74) is 0. The van der Waals surface area contributed by atoms with Crippen molar-refractivity contribution in [2.45, 2.75) is 102 Å². The molecule has 0 spiro atoms. The third-order valence-corrected chi connectivity index (χ3v) is 11.0. The largest absolute Gasteiger partial charge is 0.335 e. The molecule has 0 aromatic carbocycles. The minimum Gasteiger partial charge on any atom is -0.335 e. The molecule has 5 aliphatic rings. The topological polar surface area (TPSA) is 78.0 Å². The number of carbonyl (C=O) groups is 2. The molecule has 3 aliphatic carbocycles. The molecule has 5 fully saturated rings. The fraction of sp³-hybridized carbons (Fsp3) is 0.917. The molecule has 5 unspecified atom stereocenters. The van der Waals surface area contributed by atoms with Crippen molar-refractivity contribution in [3.05, 3.63) is 0 Å². The Kier molecular flexibility index (Phi) is 6.06. The van der Waals surface area contributed by atoms with Gasteiger partial charge >= 0.3 is 0 Å². The van der Waals surface area contributed by atoms with Crippen LogP contribution in [0.2, 0.25) is 0 Å². The van der Waals surface area contributed by atoms with E-state index in [2.05, 4.69) is 16.7 Å². The molecule has 7 nitrogen and oxygen atoms in total. The van der Waals surface area contributed by atoms with Crippen LogP contribution in [-0.4, -0.2) is 77.3 Å². The summed E-state index contributed by atoms with van der Waals surface area (Å²) in [5, 5.41) is 0. The predicted octanol–water partition coefficient (Wildman–Crippen LogP) is 2.61. The molecule has 2 aliphatic heterocycles. The maximum Gasteiger partial charge on any atom is 0.226 e. The monoisotopic (exact) mass is 465 g/mol. The molecule has 0 aromatic heterocycles. The van der Waals surface area contributed by atoms with Crippen LogP contribution in [0.15, 0.2) is 0 Å². The Labute approximate surface area is 192 Å². The number of amides is 2. The number of piperazine rings is 1. The Morgan fingerprint density at radius 1 is 0.875 bits per heavy atom. The molecule has 8 heteroatoms. The fourth-order valence-corrected chi connectivity index (χ4v) is 9.19. The van der Waals surface area contributed by atoms with E-state index in [1.165, 1.54) is 0 Å². The van der Waals surface area contributed by atoms with E-state index in [1.807, 2.05) is 0 Å². The third kappa shape index (κ3) is 4.10. The molecule has 0 radical (unpaired) electrons. The molecular formula is C24H39N3O4S. The summed E-state index contributed by atoms with van der Waals surface area (Å²) in [4.78, 5) is 29.8. The number of hydrogen-bond acceptors (Lipinski definition) is 4. The van der Waals surface area contributed by atoms with Crippen LogP contribution < -0.4 is 0 Å². The van der Waals surface area contributed by atoms with Gasteiger partial charge in [0.25, 0.3) is 0 Å². The van der Waals surface area contributed by atoms with Gasteiger partial charge in [0.2, 0.25) is 21.8 Å². The maximum absolute atomic E-state index is 13.2. The zero-order valence-electron chi connectivity index (χ0n) is 19.6. The predicted molar refractivity (Wildman–Crippen MR) is 122 cm³/mol. The van der Waals surface area contributed by atoms with Gasteiger partial charge in [0.15, 0.2) is 0 Å². The summed E-state index contributed by atoms with van der Waals surface area (Å²) in [6, 6.07) is 0.488. The highest BCUT2D eigenvalue weighted by Gasteiger charge is 2.50. The first-order valence-corrected chi connectivity index (χ1v) is 14.5. The van der Waals surface area contributed by atoms with Crippen LogP contribution in [0.4, 0.5) is 0 Å². The summed E-state index contributed by atoms with van der Waals surface area (Å²) in [6.45, 7) is 5.09. The smallest absolute Gasteiger partial charge is 0.226 e. The van der Waals surface area contributed by atoms with Crippen molar-refractivity contribution in [3.63, 3.8) is 0 Å². The molecule has 6 atom stereocenters. The van der Waals surface area contributed by atoms with Gasteiger partial charge in [-0.05, 0) is 70.1 Å². The molecular weight excluding hydrogens is 426 g/mol. The molecule has 2 saturated heterocycles. The number of sulfonamides is 1. The van der Waals surface area contributed by atoms with Crippen LogP contribution in [0.3, 0.4) is 0 Å². The summed E-state index contributed by atoms with van der Waals surface area (Å²) in [6.07, 6.45) is 9.97. The first-order valence-electron chi connectivity index (χ1n) is 12.8. The van der Waals surface area contributed by atoms with Crippen LogP contribution in [0, 0.1) is 17.8 Å². The summed E-state index contributed by atoms with van der Waals surface area (Å²) < 4.78 is 26.8. The Hall–Kier alpha value is -1.15. The molecule has 180 valence electrons. The standard InChI is InChI=1S/C24H39N3O4S/c1-16-15-25(24(29)18-7-8-18)23-14-20(9-10-22(23)27(16)17(2)28)19-5-3-6-21(13-19)26-11-4-12-32(26,30)31/h16,18-23H,3-15H2,1-2H3/t16-,19?,20?,21?,22?,23?/m0/s1. The van der Waals surface area contributed by atoms with Crippen LogP contribution in [0.25, 0.3) is 0 Å². The van der Waals surface area contributed by atoms with E-state index in [-0.39, 0.29) is 36.0 Å². The number of hydrogen-bond donors (Lipinski definition) is 0. The molecule has 0 aromatic rings. The second-order valence-corrected chi connectivity index (χ2v) is 13.1. The molecule has 0 bridgehead atoms. The van der Waals surface area contributed by atoms with Crippen molar-refractivity contribution >= 4 is 21.8 Å². The number of fused-ring (bicyclic) bond motifs is 1. The van der Waals surface area contributed by atoms with E-state index in [4.69, 9.17) is 0 Å². The van der Waals surface area contributed by atoms with Crippen molar-refractivity contribution in [1.29, 1.82) is 0 Å². The zero-order valence-corrected chi connectivity index (χ0v) is 20.4. The third-order valence-electron chi connectivity index (χ3n) is 8.99. The van der Waals surface area contributed by atoms with Gasteiger partial charge in [-0.15, -0.1) is 0 Å². The van der Waals surface area contributed by atoms with Gasteiger partial charge in [0, 0.05) is 38.0 Å². The zero-order chi connectivity index (χ0) is 22.6. The first-order chi connectivity index (χ1) is 15.3. The highest BCUT2D eigenvalue weighted by atomic mass is 32.2. The van der Waals surface area contributed by atoms with Gasteiger partial charge in [0.05, 0.1) is 17.8 Å². The van der Waals surface area contributed by atoms with Crippen molar-refractivity contribution in [1.82, 2.24) is 14.1 Å². The van der Waals surface area contributed by atoms with Gasteiger partial charge in [-0.2, -0.15) is 4.31 Å². The van der Waals surface area contributed by atoms with E-state index in [0.717, 1.165) is 64.2 Å². The van der Waals surface area contributed by atoms with Crippen molar-refractivity contribution < 1.29 is 18.0 Å². The lowest BCUT2D eigenvalue weighted by Gasteiger charge is -2.55. The summed E-state index contributed by atoms with van der Waals surface area (Å²) in [7, 11) is -3.07. The highest BCUT2D eigenvalue weighted by Crippen LogP contribution is 2.45. The molecule has 2 amide bonds. The van der Waals surface area contributed by atoms with Crippen molar-refractivity contribution in [3.8, 4) is 0 Å². The number of rotatable bonds is 3. The van der Waals surface area contributed by atoms with Crippen molar-refractivity contribution in [2.24, 2.45) is 17.8 Å². The summed E-state index contributed by atoms with van der Waals surface area (Å²) in [5.74, 6) is 1.97. The van der Waals surface area contributed by atoms with E-state index in [9.17, 15) is 18.0 Å². The van der Waals surface area contributed by atoms with Crippen LogP contribution >= 0.6 is 0 Å². The lowest BCUT2D eigenvalue weighted by molar-refractivity contribution is -0.155. The minimum absolute atomic E-state index is 0.0763. The number of nitrogens with zero attached hydrogens (tertiary/aromatic N) is 3. The normalized spacial score (nSPS) is 40.2. The van der Waals surface area contributed by atoms with Crippen LogP contribution in [0.5, 0.6) is 0 Å². The van der Waals surface area contributed by atoms with Crippen LogP contribution in [0.1, 0.15) is 78.1 Å². The quantitative estimate of drug-likeness (QED) is 0.642. The average molecular weight is 466 g/mol. The van der Waals surface area contributed by atoms with Crippen LogP contribution in [-0.2, 0) is 19.6 Å². The maximum atomic E-state index is 13.2. The highest BCUT2D eigenvalue weighted by molar-refractivity contribution is 7.89. The van der Waals surface area contributed by atoms with Gasteiger partial charge in [0.1, 0.15) is 0 Å². The van der Waals surface area contributed by atoms with Gasteiger partial charge in [-0.3, -0.25) is 9.59 Å². The molecule has 0 N–H and O–H groups in total. The lowest BCUT2D eigenvalue weighted by Crippen LogP contribution is -2.67. The molecule has 3 saturated carbocycles. The second-order valence-electron chi connectivity index (χ2n) is 11.1. The van der Waals surface area contributed by atoms with E-state index >= 15 is 0 Å². The Morgan fingerprint density at radius 3 is 2.28 bits per heavy atom. The Bertz CT molecular complexity index is 857. The van der Waals surface area contributed by atoms with E-state index in [0.29, 0.717) is 36.6 Å². The van der Waals surface area contributed by atoms with Gasteiger partial charge < -0.3 is 9.80 Å². The Balaban J connectivity index is 1.32. The van der Waals surface area contributed by atoms with Gasteiger partial charge in [-0.25, -0.2) is 8.42 Å². The molecule has 2 heterocycles. The van der Waals surface area contributed by atoms with E-state index < -0.39 is 10.0 Å². The summed E-state index contributed by atoms with van der Waals surface area (Å²) >= 11 is 0. The fourth-order valence-electron chi connectivity index (χ4n) is 7.41. The van der Waals surface area contributed by atoms with E-state index in [1.54, 1.807) is 11.2 Å². The minimum atomic E-state index is -3.07. The Morgan fingerprint density at radius 2 is 1.62 bits per heavy atom. The van der Waals surface area contributed by atoms with Gasteiger partial charge in [-0.1, -0.05) is 12.8 Å². The molecule has 32 heavy (non-hydrogen) atoms. The number of carbonyl (C=O) groups excluding carboxylic acids is 2. The molecule has 5 rings (SSSR count). The first kappa shape index (κ1) is 22.6.